The van der Waals surface area contributed by atoms with Crippen molar-refractivity contribution in [3.05, 3.63) is 12.7 Å². The Kier molecular flexibility index (Phi) is 3.34. The van der Waals surface area contributed by atoms with Crippen LogP contribution in [0.3, 0.4) is 0 Å². The molecule has 0 aliphatic carbocycles. The first-order valence-corrected chi connectivity index (χ1v) is 5.81. The van der Waals surface area contributed by atoms with Gasteiger partial charge >= 0.3 is 11.5 Å². The summed E-state index contributed by atoms with van der Waals surface area (Å²) in [7, 11) is 0. The molecule has 0 aliphatic rings. The molecule has 0 aromatic rings. The van der Waals surface area contributed by atoms with Gasteiger partial charge in [0.25, 0.3) is 0 Å². The number of alkyl halides is 2. The van der Waals surface area contributed by atoms with Crippen LogP contribution in [0.2, 0.25) is 0 Å². The first kappa shape index (κ1) is 10.4. The molecule has 0 atom stereocenters. The summed E-state index contributed by atoms with van der Waals surface area (Å²) in [5, 5.41) is 0. The fourth-order valence-electron chi connectivity index (χ4n) is 0.280. The van der Waals surface area contributed by atoms with Crippen molar-refractivity contribution < 1.29 is 13.3 Å². The van der Waals surface area contributed by atoms with E-state index in [0.717, 1.165) is 6.08 Å². The Balaban J connectivity index is 4.40. The summed E-state index contributed by atoms with van der Waals surface area (Å²) < 4.78 is 35.0. The van der Waals surface area contributed by atoms with Gasteiger partial charge in [-0.25, -0.2) is 0 Å². The first-order valence-electron chi connectivity index (χ1n) is 2.29. The molecular formula is C4H5Cl2F2OP. The smallest absolute Gasteiger partial charge is 0.283 e. The first-order chi connectivity index (χ1) is 4.31. The molecule has 0 bridgehead atoms. The summed E-state index contributed by atoms with van der Waals surface area (Å²) in [6, 6.07) is 0. The topological polar surface area (TPSA) is 17.1 Å². The third-order valence-corrected chi connectivity index (χ3v) is 3.20. The minimum atomic E-state index is -4.35. The van der Waals surface area contributed by atoms with Crippen molar-refractivity contribution in [3.8, 4) is 0 Å². The van der Waals surface area contributed by atoms with Crippen molar-refractivity contribution in [2.75, 3.05) is 0 Å². The zero-order valence-corrected chi connectivity index (χ0v) is 7.27. The Labute approximate surface area is 67.0 Å². The van der Waals surface area contributed by atoms with E-state index in [9.17, 15) is 13.3 Å². The molecule has 1 nitrogen and oxygen atoms in total. The molecule has 0 unspecified atom stereocenters. The van der Waals surface area contributed by atoms with Gasteiger partial charge in [0.05, 0.1) is 0 Å². The highest BCUT2D eigenvalue weighted by atomic mass is 35.9. The zero-order chi connectivity index (χ0) is 8.41. The predicted octanol–water partition coefficient (Wildman–Crippen LogP) is 3.83. The van der Waals surface area contributed by atoms with Gasteiger partial charge in [0, 0.05) is 6.42 Å². The van der Waals surface area contributed by atoms with E-state index in [1.165, 1.54) is 0 Å². The van der Waals surface area contributed by atoms with Crippen molar-refractivity contribution in [1.29, 1.82) is 0 Å². The Morgan fingerprint density at radius 3 is 2.10 bits per heavy atom. The SMILES string of the molecule is C=CCC(F)(F)P(=O)(Cl)Cl. The van der Waals surface area contributed by atoms with Gasteiger partial charge in [-0.1, -0.05) is 6.08 Å². The highest BCUT2D eigenvalue weighted by molar-refractivity contribution is 8.09. The van der Waals surface area contributed by atoms with E-state index < -0.39 is 17.9 Å². The van der Waals surface area contributed by atoms with Crippen LogP contribution in [-0.2, 0) is 4.57 Å². The normalized spacial score (nSPS) is 13.2. The molecule has 0 spiro atoms. The van der Waals surface area contributed by atoms with Crippen molar-refractivity contribution in [2.24, 2.45) is 0 Å². The average Bonchev–Trinajstić information content (AvgIpc) is 1.61. The number of hydrogen-bond donors (Lipinski definition) is 0. The second-order valence-corrected chi connectivity index (χ2v) is 6.58. The van der Waals surface area contributed by atoms with Crippen molar-refractivity contribution >= 4 is 28.3 Å². The molecule has 0 aromatic carbocycles. The van der Waals surface area contributed by atoms with Crippen LogP contribution in [0.15, 0.2) is 12.7 Å². The standard InChI is InChI=1S/C4H5Cl2F2OP/c1-2-3-4(7,8)10(5,6)9/h2H,1,3H2. The van der Waals surface area contributed by atoms with E-state index in [4.69, 9.17) is 22.5 Å². The maximum Gasteiger partial charge on any atom is 0.328 e. The quantitative estimate of drug-likeness (QED) is 0.509. The fourth-order valence-corrected chi connectivity index (χ4v) is 1.04. The molecule has 6 heteroatoms. The number of hydrogen-bond acceptors (Lipinski definition) is 1. The lowest BCUT2D eigenvalue weighted by atomic mass is 10.4. The van der Waals surface area contributed by atoms with Gasteiger partial charge in [-0.15, -0.1) is 6.58 Å². The highest BCUT2D eigenvalue weighted by Crippen LogP contribution is 2.69. The Bertz CT molecular complexity index is 176. The monoisotopic (exact) mass is 208 g/mol. The summed E-state index contributed by atoms with van der Waals surface area (Å²) >= 11 is 9.45. The molecule has 60 valence electrons. The molecular weight excluding hydrogens is 204 g/mol. The zero-order valence-electron chi connectivity index (χ0n) is 4.86. The van der Waals surface area contributed by atoms with Gasteiger partial charge in [0.1, 0.15) is 0 Å². The van der Waals surface area contributed by atoms with E-state index >= 15 is 0 Å². The van der Waals surface area contributed by atoms with Crippen molar-refractivity contribution in [3.63, 3.8) is 0 Å². The molecule has 0 radical (unpaired) electrons. The van der Waals surface area contributed by atoms with E-state index in [-0.39, 0.29) is 0 Å². The average molecular weight is 209 g/mol. The molecule has 0 N–H and O–H groups in total. The van der Waals surface area contributed by atoms with Crippen LogP contribution < -0.4 is 0 Å². The minimum Gasteiger partial charge on any atom is -0.283 e. The van der Waals surface area contributed by atoms with Gasteiger partial charge < -0.3 is 0 Å². The van der Waals surface area contributed by atoms with Crippen LogP contribution in [0, 0.1) is 0 Å². The van der Waals surface area contributed by atoms with Crippen LogP contribution in [0.25, 0.3) is 0 Å². The van der Waals surface area contributed by atoms with Gasteiger partial charge in [-0.05, 0) is 22.5 Å². The molecule has 10 heavy (non-hydrogen) atoms. The number of halogens is 4. The highest BCUT2D eigenvalue weighted by Gasteiger charge is 2.46. The molecule has 0 saturated carbocycles. The van der Waals surface area contributed by atoms with Gasteiger partial charge in [-0.2, -0.15) is 8.78 Å². The molecule has 0 aromatic heterocycles. The number of rotatable bonds is 3. The molecule has 0 fully saturated rings. The van der Waals surface area contributed by atoms with E-state index in [2.05, 4.69) is 6.58 Å². The molecule has 0 heterocycles. The van der Waals surface area contributed by atoms with Crippen molar-refractivity contribution in [2.45, 2.75) is 12.1 Å². The molecule has 0 saturated heterocycles. The summed E-state index contributed by atoms with van der Waals surface area (Å²) in [5.74, 6) is -4.35. The van der Waals surface area contributed by atoms with Crippen molar-refractivity contribution in [1.82, 2.24) is 0 Å². The summed E-state index contributed by atoms with van der Waals surface area (Å²) in [6.07, 6.45) is 0.148. The minimum absolute atomic E-state index is 0.767. The van der Waals surface area contributed by atoms with E-state index in [0.29, 0.717) is 0 Å². The summed E-state index contributed by atoms with van der Waals surface area (Å²) in [4.78, 5) is 0. The second kappa shape index (κ2) is 3.21. The third-order valence-electron chi connectivity index (χ3n) is 0.771. The lowest BCUT2D eigenvalue weighted by Crippen LogP contribution is -2.09. The molecule has 0 amide bonds. The van der Waals surface area contributed by atoms with Gasteiger partial charge in [0.15, 0.2) is 0 Å². The lowest BCUT2D eigenvalue weighted by Gasteiger charge is -2.13. The summed E-state index contributed by atoms with van der Waals surface area (Å²) in [6.45, 7) is 3.04. The van der Waals surface area contributed by atoms with Gasteiger partial charge in [-0.3, -0.25) is 4.57 Å². The van der Waals surface area contributed by atoms with Crippen LogP contribution in [0.4, 0.5) is 8.78 Å². The summed E-state index contributed by atoms with van der Waals surface area (Å²) in [5.41, 5.74) is -3.54. The maximum absolute atomic E-state index is 12.3. The molecule has 0 aliphatic heterocycles. The largest absolute Gasteiger partial charge is 0.328 e. The van der Waals surface area contributed by atoms with E-state index in [1.54, 1.807) is 0 Å². The second-order valence-electron chi connectivity index (χ2n) is 1.62. The number of allylic oxidation sites excluding steroid dienone is 1. The lowest BCUT2D eigenvalue weighted by molar-refractivity contribution is 0.0987. The Hall–Kier alpha value is 0.410. The Morgan fingerprint density at radius 1 is 1.60 bits per heavy atom. The molecule has 0 rings (SSSR count). The Morgan fingerprint density at radius 2 is 2.00 bits per heavy atom. The fraction of sp³-hybridized carbons (Fsp3) is 0.500. The maximum atomic E-state index is 12.3. The predicted molar refractivity (Wildman–Crippen MR) is 39.1 cm³/mol. The van der Waals surface area contributed by atoms with Crippen LogP contribution >= 0.6 is 28.3 Å². The third kappa shape index (κ3) is 2.57. The van der Waals surface area contributed by atoms with Crippen LogP contribution in [-0.4, -0.2) is 5.66 Å². The van der Waals surface area contributed by atoms with Crippen LogP contribution in [0.1, 0.15) is 6.42 Å². The van der Waals surface area contributed by atoms with Crippen LogP contribution in [0.5, 0.6) is 0 Å². The van der Waals surface area contributed by atoms with E-state index in [1.807, 2.05) is 0 Å². The van der Waals surface area contributed by atoms with Gasteiger partial charge in [0.2, 0.25) is 0 Å².